The van der Waals surface area contributed by atoms with E-state index in [1.54, 1.807) is 11.3 Å². The highest BCUT2D eigenvalue weighted by atomic mass is 32.1. The van der Waals surface area contributed by atoms with Crippen molar-refractivity contribution in [1.82, 2.24) is 4.90 Å². The van der Waals surface area contributed by atoms with E-state index in [1.807, 2.05) is 11.8 Å². The number of carbonyl (C=O) groups excluding carboxylic acids is 1. The number of hydrogen-bond donors (Lipinski definition) is 1. The van der Waals surface area contributed by atoms with Crippen molar-refractivity contribution in [2.75, 3.05) is 13.1 Å². The molecule has 0 saturated carbocycles. The molecule has 2 N–H and O–H groups in total. The summed E-state index contributed by atoms with van der Waals surface area (Å²) in [5, 5.41) is 0. The van der Waals surface area contributed by atoms with Crippen LogP contribution in [0.2, 0.25) is 0 Å². The van der Waals surface area contributed by atoms with E-state index in [9.17, 15) is 4.79 Å². The second-order valence-electron chi connectivity index (χ2n) is 5.22. The molecule has 0 spiro atoms. The molecule has 1 aliphatic carbocycles. The Bertz CT molecular complexity index is 473. The minimum absolute atomic E-state index is 0.127. The number of hydrogen-bond acceptors (Lipinski definition) is 3. The summed E-state index contributed by atoms with van der Waals surface area (Å²) in [5.41, 5.74) is 6.92. The summed E-state index contributed by atoms with van der Waals surface area (Å²) < 4.78 is 0. The number of thiocarbonyl (C=S) groups is 1. The van der Waals surface area contributed by atoms with Gasteiger partial charge in [-0.3, -0.25) is 4.79 Å². The van der Waals surface area contributed by atoms with Crippen molar-refractivity contribution in [3.05, 3.63) is 21.4 Å². The van der Waals surface area contributed by atoms with Gasteiger partial charge < -0.3 is 10.6 Å². The molecule has 0 saturated heterocycles. The third kappa shape index (κ3) is 3.79. The molecule has 0 atom stereocenters. The van der Waals surface area contributed by atoms with Gasteiger partial charge in [0, 0.05) is 24.4 Å². The molecular formula is C15H22N2OS2. The molecule has 0 aliphatic heterocycles. The maximum Gasteiger partial charge on any atom is 0.263 e. The molecule has 20 heavy (non-hydrogen) atoms. The van der Waals surface area contributed by atoms with E-state index in [2.05, 4.69) is 6.07 Å². The third-order valence-electron chi connectivity index (χ3n) is 3.75. The molecule has 1 heterocycles. The molecule has 3 nitrogen and oxygen atoms in total. The lowest BCUT2D eigenvalue weighted by Crippen LogP contribution is -2.33. The lowest BCUT2D eigenvalue weighted by molar-refractivity contribution is 0.0773. The highest BCUT2D eigenvalue weighted by molar-refractivity contribution is 7.80. The van der Waals surface area contributed by atoms with Crippen LogP contribution in [0.25, 0.3) is 0 Å². The molecule has 1 amide bonds. The van der Waals surface area contributed by atoms with Gasteiger partial charge in [-0.25, -0.2) is 0 Å². The smallest absolute Gasteiger partial charge is 0.263 e. The average Bonchev–Trinajstić information content (AvgIpc) is 2.70. The van der Waals surface area contributed by atoms with Crippen LogP contribution in [0.15, 0.2) is 6.07 Å². The van der Waals surface area contributed by atoms with Gasteiger partial charge in [0.2, 0.25) is 0 Å². The minimum Gasteiger partial charge on any atom is -0.393 e. The first kappa shape index (κ1) is 15.4. The Balaban J connectivity index is 2.09. The van der Waals surface area contributed by atoms with Gasteiger partial charge >= 0.3 is 0 Å². The molecule has 2 rings (SSSR count). The maximum atomic E-state index is 12.5. The van der Waals surface area contributed by atoms with Gasteiger partial charge in [-0.1, -0.05) is 18.6 Å². The van der Waals surface area contributed by atoms with Crippen LogP contribution >= 0.6 is 23.6 Å². The third-order valence-corrected chi connectivity index (χ3v) is 5.18. The van der Waals surface area contributed by atoms with Crippen LogP contribution in [0, 0.1) is 0 Å². The zero-order valence-corrected chi connectivity index (χ0v) is 13.6. The van der Waals surface area contributed by atoms with Gasteiger partial charge in [-0.05, 0) is 44.2 Å². The number of nitrogens with zero attached hydrogens (tertiary/aromatic N) is 1. The number of carbonyl (C=O) groups is 1. The fraction of sp³-hybridized carbons (Fsp3) is 0.600. The Kier molecular flexibility index (Phi) is 5.54. The van der Waals surface area contributed by atoms with E-state index in [4.69, 9.17) is 18.0 Å². The normalized spacial score (nSPS) is 14.4. The molecule has 0 fully saturated rings. The van der Waals surface area contributed by atoms with E-state index < -0.39 is 0 Å². The number of nitrogens with two attached hydrogens (primary N) is 1. The fourth-order valence-corrected chi connectivity index (χ4v) is 3.89. The zero-order valence-electron chi connectivity index (χ0n) is 12.0. The lowest BCUT2D eigenvalue weighted by atomic mass is 10.1. The first-order chi connectivity index (χ1) is 9.61. The number of aryl methyl sites for hydroxylation is 2. The van der Waals surface area contributed by atoms with Gasteiger partial charge in [-0.2, -0.15) is 0 Å². The summed E-state index contributed by atoms with van der Waals surface area (Å²) in [4.78, 5) is 17.1. The molecular weight excluding hydrogens is 288 g/mol. The van der Waals surface area contributed by atoms with Gasteiger partial charge in [0.05, 0.1) is 9.87 Å². The van der Waals surface area contributed by atoms with Crippen molar-refractivity contribution < 1.29 is 4.79 Å². The Morgan fingerprint density at radius 1 is 1.40 bits per heavy atom. The number of rotatable bonds is 5. The molecule has 0 radical (unpaired) electrons. The van der Waals surface area contributed by atoms with Gasteiger partial charge in [0.25, 0.3) is 5.91 Å². The van der Waals surface area contributed by atoms with Crippen LogP contribution < -0.4 is 5.73 Å². The summed E-state index contributed by atoms with van der Waals surface area (Å²) >= 11 is 6.57. The number of thiophene rings is 1. The minimum atomic E-state index is 0.127. The highest BCUT2D eigenvalue weighted by Gasteiger charge is 2.20. The average molecular weight is 310 g/mol. The summed E-state index contributed by atoms with van der Waals surface area (Å²) in [6, 6.07) is 2.11. The summed E-state index contributed by atoms with van der Waals surface area (Å²) in [5.74, 6) is 0.127. The number of amides is 1. The zero-order chi connectivity index (χ0) is 14.5. The van der Waals surface area contributed by atoms with Gasteiger partial charge in [0.1, 0.15) is 0 Å². The molecule has 0 aromatic carbocycles. The number of fused-ring (bicyclic) bond motifs is 1. The van der Waals surface area contributed by atoms with Crippen LogP contribution in [-0.2, 0) is 12.8 Å². The van der Waals surface area contributed by atoms with Crippen LogP contribution in [0.5, 0.6) is 0 Å². The molecule has 0 bridgehead atoms. The summed E-state index contributed by atoms with van der Waals surface area (Å²) in [6.45, 7) is 3.31. The largest absolute Gasteiger partial charge is 0.393 e. The van der Waals surface area contributed by atoms with Crippen molar-refractivity contribution in [3.8, 4) is 0 Å². The van der Waals surface area contributed by atoms with E-state index >= 15 is 0 Å². The van der Waals surface area contributed by atoms with Crippen molar-refractivity contribution in [2.24, 2.45) is 5.73 Å². The Morgan fingerprint density at radius 3 is 2.85 bits per heavy atom. The molecule has 1 aliphatic rings. The molecule has 5 heteroatoms. The van der Waals surface area contributed by atoms with E-state index in [-0.39, 0.29) is 5.91 Å². The quantitative estimate of drug-likeness (QED) is 0.671. The Labute approximate surface area is 130 Å². The Morgan fingerprint density at radius 2 is 2.15 bits per heavy atom. The van der Waals surface area contributed by atoms with Crippen molar-refractivity contribution >= 4 is 34.5 Å². The van der Waals surface area contributed by atoms with Crippen LogP contribution in [-0.4, -0.2) is 28.9 Å². The summed E-state index contributed by atoms with van der Waals surface area (Å²) in [7, 11) is 0. The molecule has 1 aromatic rings. The van der Waals surface area contributed by atoms with Crippen LogP contribution in [0.4, 0.5) is 0 Å². The molecule has 0 unspecified atom stereocenters. The van der Waals surface area contributed by atoms with Crippen molar-refractivity contribution in [3.63, 3.8) is 0 Å². The lowest BCUT2D eigenvalue weighted by Gasteiger charge is -2.19. The standard InChI is InChI=1S/C15H22N2OS2/c1-2-17(9-8-14(16)19)15(18)13-10-11-6-4-3-5-7-12(11)20-13/h10H,2-9H2,1H3,(H2,16,19). The predicted molar refractivity (Wildman–Crippen MR) is 88.6 cm³/mol. The first-order valence-electron chi connectivity index (χ1n) is 7.31. The van der Waals surface area contributed by atoms with Crippen molar-refractivity contribution in [2.45, 2.75) is 45.4 Å². The van der Waals surface area contributed by atoms with Gasteiger partial charge in [0.15, 0.2) is 0 Å². The van der Waals surface area contributed by atoms with E-state index in [0.29, 0.717) is 24.5 Å². The Hall–Kier alpha value is -0.940. The fourth-order valence-electron chi connectivity index (χ4n) is 2.58. The molecule has 1 aromatic heterocycles. The predicted octanol–water partition coefficient (Wildman–Crippen LogP) is 3.16. The molecule has 110 valence electrons. The summed E-state index contributed by atoms with van der Waals surface area (Å²) in [6.07, 6.45) is 6.65. The van der Waals surface area contributed by atoms with Crippen LogP contribution in [0.3, 0.4) is 0 Å². The monoisotopic (exact) mass is 310 g/mol. The topological polar surface area (TPSA) is 46.3 Å². The van der Waals surface area contributed by atoms with Crippen LogP contribution in [0.1, 0.15) is 52.7 Å². The SMILES string of the molecule is CCN(CCC(N)=S)C(=O)c1cc2c(s1)CCCCC2. The first-order valence-corrected chi connectivity index (χ1v) is 8.53. The second-order valence-corrected chi connectivity index (χ2v) is 6.88. The highest BCUT2D eigenvalue weighted by Crippen LogP contribution is 2.29. The maximum absolute atomic E-state index is 12.5. The van der Waals surface area contributed by atoms with E-state index in [0.717, 1.165) is 17.7 Å². The van der Waals surface area contributed by atoms with E-state index in [1.165, 1.54) is 29.7 Å². The second kappa shape index (κ2) is 7.18. The van der Waals surface area contributed by atoms with Crippen molar-refractivity contribution in [1.29, 1.82) is 0 Å². The van der Waals surface area contributed by atoms with Gasteiger partial charge in [-0.15, -0.1) is 11.3 Å².